The lowest BCUT2D eigenvalue weighted by molar-refractivity contribution is 0.315. The Morgan fingerprint density at radius 3 is 2.67 bits per heavy atom. The summed E-state index contributed by atoms with van der Waals surface area (Å²) in [6.45, 7) is 2.01. The lowest BCUT2D eigenvalue weighted by atomic mass is 10.1. The lowest BCUT2D eigenvalue weighted by Gasteiger charge is -2.20. The molecule has 0 spiro atoms. The van der Waals surface area contributed by atoms with Crippen molar-refractivity contribution in [2.75, 3.05) is 32.1 Å². The summed E-state index contributed by atoms with van der Waals surface area (Å²) >= 11 is 0. The first-order valence-electron chi connectivity index (χ1n) is 8.44. The van der Waals surface area contributed by atoms with Gasteiger partial charge in [0.2, 0.25) is 5.95 Å². The van der Waals surface area contributed by atoms with E-state index in [0.717, 1.165) is 36.7 Å². The molecule has 122 valence electrons. The van der Waals surface area contributed by atoms with Crippen LogP contribution in [0.3, 0.4) is 0 Å². The average molecular weight is 318 g/mol. The highest BCUT2D eigenvalue weighted by atomic mass is 15.3. The molecule has 1 fully saturated rings. The van der Waals surface area contributed by atoms with Gasteiger partial charge in [-0.25, -0.2) is 9.97 Å². The summed E-state index contributed by atoms with van der Waals surface area (Å²) in [4.78, 5) is 13.9. The normalized spacial score (nSPS) is 17.8. The van der Waals surface area contributed by atoms with E-state index in [4.69, 9.17) is 4.98 Å². The minimum absolute atomic E-state index is 0.581. The van der Waals surface area contributed by atoms with Crippen LogP contribution in [0.5, 0.6) is 0 Å². The molecule has 3 aromatic rings. The zero-order valence-electron chi connectivity index (χ0n) is 14.2. The topological polar surface area (TPSA) is 32.3 Å². The summed E-state index contributed by atoms with van der Waals surface area (Å²) in [6.07, 6.45) is 3.03. The van der Waals surface area contributed by atoms with Crippen LogP contribution in [0.25, 0.3) is 22.0 Å². The van der Waals surface area contributed by atoms with Gasteiger partial charge in [-0.3, -0.25) is 0 Å². The van der Waals surface area contributed by atoms with E-state index >= 15 is 0 Å². The van der Waals surface area contributed by atoms with Crippen molar-refractivity contribution in [2.45, 2.75) is 12.5 Å². The van der Waals surface area contributed by atoms with E-state index < -0.39 is 0 Å². The number of hydrogen-bond donors (Lipinski definition) is 0. The maximum atomic E-state index is 4.82. The number of aromatic nitrogens is 2. The van der Waals surface area contributed by atoms with Gasteiger partial charge in [0.25, 0.3) is 0 Å². The number of rotatable bonds is 3. The van der Waals surface area contributed by atoms with Crippen LogP contribution in [-0.4, -0.2) is 48.1 Å². The highest BCUT2D eigenvalue weighted by Gasteiger charge is 2.25. The van der Waals surface area contributed by atoms with E-state index in [1.165, 1.54) is 10.8 Å². The van der Waals surface area contributed by atoms with Gasteiger partial charge < -0.3 is 9.80 Å². The molecule has 2 heterocycles. The zero-order chi connectivity index (χ0) is 16.5. The molecular weight excluding hydrogens is 296 g/mol. The molecule has 1 aliphatic rings. The molecule has 1 aromatic heterocycles. The molecule has 0 aliphatic carbocycles. The summed E-state index contributed by atoms with van der Waals surface area (Å²) in [5.74, 6) is 0.838. The fraction of sp³-hybridized carbons (Fsp3) is 0.300. The third-order valence-corrected chi connectivity index (χ3v) is 4.86. The standard InChI is InChI=1S/C20H22N4/c1-23(2)18-10-12-24(14-18)20-21-11-9-19(22-20)17-8-7-15-5-3-4-6-16(15)13-17/h3-9,11,13,18H,10,12,14H2,1-2H3/t18-/m1/s1. The number of fused-ring (bicyclic) bond motifs is 1. The minimum atomic E-state index is 0.581. The summed E-state index contributed by atoms with van der Waals surface area (Å²) in [5.41, 5.74) is 2.12. The number of likely N-dealkylation sites (N-methyl/N-ethyl adjacent to an activating group) is 1. The fourth-order valence-electron chi connectivity index (χ4n) is 3.36. The second-order valence-electron chi connectivity index (χ2n) is 6.66. The van der Waals surface area contributed by atoms with E-state index in [0.29, 0.717) is 6.04 Å². The Bertz CT molecular complexity index is 859. The molecule has 2 aromatic carbocycles. The number of hydrogen-bond acceptors (Lipinski definition) is 4. The lowest BCUT2D eigenvalue weighted by Crippen LogP contribution is -2.32. The van der Waals surface area contributed by atoms with Crippen LogP contribution >= 0.6 is 0 Å². The Labute approximate surface area is 142 Å². The molecule has 1 atom stereocenters. The highest BCUT2D eigenvalue weighted by Crippen LogP contribution is 2.25. The Kier molecular flexibility index (Phi) is 3.90. The van der Waals surface area contributed by atoms with E-state index in [9.17, 15) is 0 Å². The van der Waals surface area contributed by atoms with Crippen molar-refractivity contribution >= 4 is 16.7 Å². The molecule has 1 saturated heterocycles. The summed E-state index contributed by atoms with van der Waals surface area (Å²) < 4.78 is 0. The maximum Gasteiger partial charge on any atom is 0.225 e. The van der Waals surface area contributed by atoms with Crippen LogP contribution < -0.4 is 4.90 Å². The molecule has 24 heavy (non-hydrogen) atoms. The van der Waals surface area contributed by atoms with Gasteiger partial charge in [-0.15, -0.1) is 0 Å². The Hall–Kier alpha value is -2.46. The smallest absolute Gasteiger partial charge is 0.225 e. The highest BCUT2D eigenvalue weighted by molar-refractivity contribution is 5.86. The molecule has 0 N–H and O–H groups in total. The molecule has 1 aliphatic heterocycles. The second kappa shape index (κ2) is 6.21. The van der Waals surface area contributed by atoms with E-state index in [1.54, 1.807) is 0 Å². The molecule has 4 heteroatoms. The van der Waals surface area contributed by atoms with Crippen LogP contribution in [0, 0.1) is 0 Å². The van der Waals surface area contributed by atoms with Crippen molar-refractivity contribution in [3.63, 3.8) is 0 Å². The Morgan fingerprint density at radius 1 is 1.04 bits per heavy atom. The van der Waals surface area contributed by atoms with Gasteiger partial charge in [-0.2, -0.15) is 0 Å². The molecule has 4 rings (SSSR count). The fourth-order valence-corrected chi connectivity index (χ4v) is 3.36. The number of anilines is 1. The van der Waals surface area contributed by atoms with Gasteiger partial charge in [0.05, 0.1) is 5.69 Å². The molecule has 0 unspecified atom stereocenters. The van der Waals surface area contributed by atoms with Gasteiger partial charge in [-0.05, 0) is 43.4 Å². The largest absolute Gasteiger partial charge is 0.339 e. The van der Waals surface area contributed by atoms with E-state index in [2.05, 4.69) is 71.3 Å². The Morgan fingerprint density at radius 2 is 1.88 bits per heavy atom. The summed E-state index contributed by atoms with van der Waals surface area (Å²) in [7, 11) is 4.28. The van der Waals surface area contributed by atoms with Crippen molar-refractivity contribution in [1.29, 1.82) is 0 Å². The van der Waals surface area contributed by atoms with Crippen molar-refractivity contribution in [3.8, 4) is 11.3 Å². The average Bonchev–Trinajstić information content (AvgIpc) is 3.12. The van der Waals surface area contributed by atoms with Crippen LogP contribution in [0.1, 0.15) is 6.42 Å². The van der Waals surface area contributed by atoms with Crippen molar-refractivity contribution in [1.82, 2.24) is 14.9 Å². The molecule has 0 radical (unpaired) electrons. The van der Waals surface area contributed by atoms with Gasteiger partial charge in [0, 0.05) is 30.9 Å². The first-order valence-corrected chi connectivity index (χ1v) is 8.44. The molecule has 0 amide bonds. The van der Waals surface area contributed by atoms with Gasteiger partial charge >= 0.3 is 0 Å². The van der Waals surface area contributed by atoms with Crippen LogP contribution in [-0.2, 0) is 0 Å². The van der Waals surface area contributed by atoms with Crippen LogP contribution in [0.4, 0.5) is 5.95 Å². The molecular formula is C20H22N4. The van der Waals surface area contributed by atoms with Gasteiger partial charge in [0.15, 0.2) is 0 Å². The predicted molar refractivity (Wildman–Crippen MR) is 99.3 cm³/mol. The van der Waals surface area contributed by atoms with Gasteiger partial charge in [-0.1, -0.05) is 36.4 Å². The first kappa shape index (κ1) is 15.1. The van der Waals surface area contributed by atoms with Crippen molar-refractivity contribution in [2.24, 2.45) is 0 Å². The van der Waals surface area contributed by atoms with Crippen LogP contribution in [0.2, 0.25) is 0 Å². The Balaban J connectivity index is 1.64. The number of benzene rings is 2. The molecule has 0 bridgehead atoms. The SMILES string of the molecule is CN(C)[C@@H]1CCN(c2nccc(-c3ccc4ccccc4c3)n2)C1. The quantitative estimate of drug-likeness (QED) is 0.740. The molecule has 4 nitrogen and oxygen atoms in total. The number of nitrogens with zero attached hydrogens (tertiary/aromatic N) is 4. The zero-order valence-corrected chi connectivity index (χ0v) is 14.2. The van der Waals surface area contributed by atoms with E-state index in [-0.39, 0.29) is 0 Å². The first-order chi connectivity index (χ1) is 11.7. The third-order valence-electron chi connectivity index (χ3n) is 4.86. The van der Waals surface area contributed by atoms with Crippen molar-refractivity contribution < 1.29 is 0 Å². The second-order valence-corrected chi connectivity index (χ2v) is 6.66. The minimum Gasteiger partial charge on any atom is -0.339 e. The van der Waals surface area contributed by atoms with Gasteiger partial charge in [0.1, 0.15) is 0 Å². The summed E-state index contributed by atoms with van der Waals surface area (Å²) in [5, 5.41) is 2.49. The predicted octanol–water partition coefficient (Wildman–Crippen LogP) is 3.44. The van der Waals surface area contributed by atoms with Crippen molar-refractivity contribution in [3.05, 3.63) is 54.7 Å². The molecule has 0 saturated carbocycles. The maximum absolute atomic E-state index is 4.82. The third kappa shape index (κ3) is 2.85. The van der Waals surface area contributed by atoms with E-state index in [1.807, 2.05) is 12.3 Å². The summed E-state index contributed by atoms with van der Waals surface area (Å²) in [6, 6.07) is 17.5. The van der Waals surface area contributed by atoms with Crippen LogP contribution in [0.15, 0.2) is 54.7 Å². The monoisotopic (exact) mass is 318 g/mol.